The lowest BCUT2D eigenvalue weighted by atomic mass is 9.96. The van der Waals surface area contributed by atoms with Gasteiger partial charge in [0.15, 0.2) is 5.78 Å². The number of H-pyrrole nitrogens is 1. The number of rotatable bonds is 1. The number of carbonyl (C=O) groups is 1. The van der Waals surface area contributed by atoms with Crippen molar-refractivity contribution in [2.45, 2.75) is 6.42 Å². The summed E-state index contributed by atoms with van der Waals surface area (Å²) in [4.78, 5) is 11.2. The zero-order valence-electron chi connectivity index (χ0n) is 7.32. The molecule has 4 nitrogen and oxygen atoms in total. The van der Waals surface area contributed by atoms with E-state index in [9.17, 15) is 4.79 Å². The molecule has 1 heterocycles. The van der Waals surface area contributed by atoms with Gasteiger partial charge in [-0.1, -0.05) is 6.08 Å². The molecule has 1 aromatic rings. The minimum Gasteiger partial charge on any atom is -0.294 e. The van der Waals surface area contributed by atoms with E-state index >= 15 is 0 Å². The molecule has 1 aliphatic rings. The molecule has 0 radical (unpaired) electrons. The van der Waals surface area contributed by atoms with Crippen LogP contribution in [0, 0.1) is 11.3 Å². The number of aromatic amines is 1. The number of allylic oxidation sites excluding steroid dienone is 4. The maximum Gasteiger partial charge on any atom is 0.160 e. The third-order valence-electron chi connectivity index (χ3n) is 2.00. The normalized spacial score (nSPS) is 15.8. The lowest BCUT2D eigenvalue weighted by molar-refractivity contribution is -0.113. The molecule has 0 saturated heterocycles. The van der Waals surface area contributed by atoms with E-state index in [1.807, 2.05) is 6.07 Å². The SMILES string of the molecule is N#CC1=CCC(=O)C=C1c1cc[nH]n1. The van der Waals surface area contributed by atoms with E-state index in [-0.39, 0.29) is 5.78 Å². The first-order chi connectivity index (χ1) is 6.81. The van der Waals surface area contributed by atoms with E-state index < -0.39 is 0 Å². The fourth-order valence-electron chi connectivity index (χ4n) is 1.34. The van der Waals surface area contributed by atoms with Crippen molar-refractivity contribution in [3.8, 4) is 6.07 Å². The highest BCUT2D eigenvalue weighted by atomic mass is 16.1. The number of aromatic nitrogens is 2. The summed E-state index contributed by atoms with van der Waals surface area (Å²) in [6.07, 6.45) is 5.06. The molecule has 1 N–H and O–H groups in total. The van der Waals surface area contributed by atoms with Gasteiger partial charge in [-0.3, -0.25) is 9.89 Å². The number of ketones is 1. The first kappa shape index (κ1) is 8.45. The van der Waals surface area contributed by atoms with Gasteiger partial charge in [0.1, 0.15) is 0 Å². The average molecular weight is 185 g/mol. The van der Waals surface area contributed by atoms with Gasteiger partial charge in [0.2, 0.25) is 0 Å². The quantitative estimate of drug-likeness (QED) is 0.715. The molecular formula is C10H7N3O. The summed E-state index contributed by atoms with van der Waals surface area (Å²) < 4.78 is 0. The van der Waals surface area contributed by atoms with Gasteiger partial charge < -0.3 is 0 Å². The zero-order chi connectivity index (χ0) is 9.97. The van der Waals surface area contributed by atoms with Crippen LogP contribution in [0.2, 0.25) is 0 Å². The molecule has 0 spiro atoms. The Hall–Kier alpha value is -2.15. The van der Waals surface area contributed by atoms with Crippen LogP contribution < -0.4 is 0 Å². The topological polar surface area (TPSA) is 69.5 Å². The number of nitriles is 1. The Morgan fingerprint density at radius 2 is 2.43 bits per heavy atom. The third-order valence-corrected chi connectivity index (χ3v) is 2.00. The van der Waals surface area contributed by atoms with Crippen LogP contribution in [0.3, 0.4) is 0 Å². The summed E-state index contributed by atoms with van der Waals surface area (Å²) in [7, 11) is 0. The number of nitrogens with one attached hydrogen (secondary N) is 1. The van der Waals surface area contributed by atoms with Crippen molar-refractivity contribution >= 4 is 11.4 Å². The van der Waals surface area contributed by atoms with Gasteiger partial charge in [0.05, 0.1) is 17.3 Å². The molecule has 1 aromatic heterocycles. The van der Waals surface area contributed by atoms with Crippen molar-refractivity contribution in [3.63, 3.8) is 0 Å². The highest BCUT2D eigenvalue weighted by Gasteiger charge is 2.15. The molecule has 68 valence electrons. The second-order valence-electron chi connectivity index (χ2n) is 2.92. The molecule has 4 heteroatoms. The second-order valence-corrected chi connectivity index (χ2v) is 2.92. The van der Waals surface area contributed by atoms with E-state index in [0.29, 0.717) is 23.3 Å². The number of hydrogen-bond donors (Lipinski definition) is 1. The van der Waals surface area contributed by atoms with Crippen molar-refractivity contribution in [1.29, 1.82) is 5.26 Å². The molecule has 0 saturated carbocycles. The predicted molar refractivity (Wildman–Crippen MR) is 49.9 cm³/mol. The highest BCUT2D eigenvalue weighted by Crippen LogP contribution is 2.24. The van der Waals surface area contributed by atoms with Crippen LogP contribution in [0.1, 0.15) is 12.1 Å². The minimum atomic E-state index is 0.00185. The first-order valence-corrected chi connectivity index (χ1v) is 4.16. The van der Waals surface area contributed by atoms with Gasteiger partial charge in [-0.05, 0) is 12.1 Å². The predicted octanol–water partition coefficient (Wildman–Crippen LogP) is 1.22. The fourth-order valence-corrected chi connectivity index (χ4v) is 1.34. The Labute approximate surface area is 80.6 Å². The Kier molecular flexibility index (Phi) is 1.99. The fraction of sp³-hybridized carbons (Fsp3) is 0.100. The van der Waals surface area contributed by atoms with Gasteiger partial charge in [-0.25, -0.2) is 0 Å². The molecule has 0 amide bonds. The lowest BCUT2D eigenvalue weighted by Gasteiger charge is -2.06. The van der Waals surface area contributed by atoms with E-state index in [0.717, 1.165) is 0 Å². The first-order valence-electron chi connectivity index (χ1n) is 4.16. The molecular weight excluding hydrogens is 178 g/mol. The smallest absolute Gasteiger partial charge is 0.160 e. The van der Waals surface area contributed by atoms with Crippen LogP contribution in [0.25, 0.3) is 5.57 Å². The largest absolute Gasteiger partial charge is 0.294 e. The molecule has 0 unspecified atom stereocenters. The van der Waals surface area contributed by atoms with Gasteiger partial charge in [-0.2, -0.15) is 10.4 Å². The highest BCUT2D eigenvalue weighted by molar-refractivity contribution is 6.04. The van der Waals surface area contributed by atoms with Crippen molar-refractivity contribution in [2.75, 3.05) is 0 Å². The van der Waals surface area contributed by atoms with Gasteiger partial charge in [0.25, 0.3) is 0 Å². The Bertz CT molecular complexity index is 460. The van der Waals surface area contributed by atoms with E-state index in [2.05, 4.69) is 10.2 Å². The standard InChI is InChI=1S/C10H7N3O/c11-6-7-1-2-8(14)5-9(7)10-3-4-12-13-10/h1,3-5H,2H2,(H,12,13). The van der Waals surface area contributed by atoms with Crippen molar-refractivity contribution in [2.24, 2.45) is 0 Å². The van der Waals surface area contributed by atoms with E-state index in [1.54, 1.807) is 18.3 Å². The molecule has 0 aliphatic heterocycles. The molecule has 0 fully saturated rings. The maximum atomic E-state index is 11.2. The van der Waals surface area contributed by atoms with E-state index in [4.69, 9.17) is 5.26 Å². The maximum absolute atomic E-state index is 11.2. The number of nitrogens with zero attached hydrogens (tertiary/aromatic N) is 2. The van der Waals surface area contributed by atoms with Gasteiger partial charge >= 0.3 is 0 Å². The number of carbonyl (C=O) groups excluding carboxylic acids is 1. The Morgan fingerprint density at radius 3 is 3.07 bits per heavy atom. The summed E-state index contributed by atoms with van der Waals surface area (Å²) in [6.45, 7) is 0. The average Bonchev–Trinajstić information content (AvgIpc) is 2.70. The van der Waals surface area contributed by atoms with Crippen LogP contribution in [-0.2, 0) is 4.79 Å². The molecule has 1 aliphatic carbocycles. The monoisotopic (exact) mass is 185 g/mol. The zero-order valence-corrected chi connectivity index (χ0v) is 7.32. The molecule has 0 bridgehead atoms. The van der Waals surface area contributed by atoms with Crippen molar-refractivity contribution in [3.05, 3.63) is 35.7 Å². The minimum absolute atomic E-state index is 0.00185. The van der Waals surface area contributed by atoms with Crippen molar-refractivity contribution in [1.82, 2.24) is 10.2 Å². The lowest BCUT2D eigenvalue weighted by Crippen LogP contribution is -2.02. The summed E-state index contributed by atoms with van der Waals surface area (Å²) in [6, 6.07) is 3.78. The van der Waals surface area contributed by atoms with Crippen LogP contribution in [0.5, 0.6) is 0 Å². The van der Waals surface area contributed by atoms with Crippen LogP contribution in [-0.4, -0.2) is 16.0 Å². The van der Waals surface area contributed by atoms with E-state index in [1.165, 1.54) is 6.08 Å². The molecule has 14 heavy (non-hydrogen) atoms. The Morgan fingerprint density at radius 1 is 1.57 bits per heavy atom. The molecule has 0 aromatic carbocycles. The Balaban J connectivity index is 2.47. The summed E-state index contributed by atoms with van der Waals surface area (Å²) in [5.41, 5.74) is 1.74. The van der Waals surface area contributed by atoms with Gasteiger partial charge in [-0.15, -0.1) is 0 Å². The summed E-state index contributed by atoms with van der Waals surface area (Å²) in [5, 5.41) is 15.4. The molecule has 2 rings (SSSR count). The molecule has 0 atom stereocenters. The number of hydrogen-bond acceptors (Lipinski definition) is 3. The third kappa shape index (κ3) is 1.36. The van der Waals surface area contributed by atoms with Crippen LogP contribution in [0.4, 0.5) is 0 Å². The van der Waals surface area contributed by atoms with Crippen LogP contribution in [0.15, 0.2) is 30.0 Å². The van der Waals surface area contributed by atoms with Crippen LogP contribution >= 0.6 is 0 Å². The summed E-state index contributed by atoms with van der Waals surface area (Å²) >= 11 is 0. The second kappa shape index (κ2) is 3.30. The van der Waals surface area contributed by atoms with Crippen molar-refractivity contribution < 1.29 is 4.79 Å². The van der Waals surface area contributed by atoms with Gasteiger partial charge in [0, 0.05) is 18.2 Å². The summed E-state index contributed by atoms with van der Waals surface area (Å²) in [5.74, 6) is 0.00185.